The predicted molar refractivity (Wildman–Crippen MR) is 79.3 cm³/mol. The van der Waals surface area contributed by atoms with Crippen molar-refractivity contribution in [3.8, 4) is 5.75 Å². The van der Waals surface area contributed by atoms with E-state index in [1.54, 1.807) is 12.3 Å². The SMILES string of the molecule is CC1CCCC(/C=C/Nc2ccc(C(=O)O)c(O)c2)C1=O. The van der Waals surface area contributed by atoms with Crippen molar-refractivity contribution in [1.82, 2.24) is 0 Å². The highest BCUT2D eigenvalue weighted by Gasteiger charge is 2.25. The number of phenols is 1. The van der Waals surface area contributed by atoms with Crippen molar-refractivity contribution in [2.75, 3.05) is 5.32 Å². The second-order valence-electron chi connectivity index (χ2n) is 5.38. The van der Waals surface area contributed by atoms with Gasteiger partial charge < -0.3 is 15.5 Å². The molecule has 5 heteroatoms. The lowest BCUT2D eigenvalue weighted by atomic mass is 9.81. The number of ketones is 1. The monoisotopic (exact) mass is 289 g/mol. The van der Waals surface area contributed by atoms with Gasteiger partial charge in [0.25, 0.3) is 0 Å². The third kappa shape index (κ3) is 3.62. The summed E-state index contributed by atoms with van der Waals surface area (Å²) in [5, 5.41) is 21.4. The summed E-state index contributed by atoms with van der Waals surface area (Å²) < 4.78 is 0. The van der Waals surface area contributed by atoms with E-state index in [9.17, 15) is 14.7 Å². The van der Waals surface area contributed by atoms with Gasteiger partial charge in [-0.1, -0.05) is 19.4 Å². The lowest BCUT2D eigenvalue weighted by molar-refractivity contribution is -0.126. The summed E-state index contributed by atoms with van der Waals surface area (Å²) in [6.45, 7) is 1.96. The van der Waals surface area contributed by atoms with Crippen molar-refractivity contribution in [1.29, 1.82) is 0 Å². The van der Waals surface area contributed by atoms with Crippen LogP contribution in [0.3, 0.4) is 0 Å². The molecule has 2 atom stereocenters. The maximum atomic E-state index is 12.0. The largest absolute Gasteiger partial charge is 0.507 e. The topological polar surface area (TPSA) is 86.6 Å². The molecule has 112 valence electrons. The Balaban J connectivity index is 1.99. The lowest BCUT2D eigenvalue weighted by Crippen LogP contribution is -2.25. The number of hydrogen-bond acceptors (Lipinski definition) is 4. The summed E-state index contributed by atoms with van der Waals surface area (Å²) in [6.07, 6.45) is 6.39. The van der Waals surface area contributed by atoms with Gasteiger partial charge in [0.15, 0.2) is 0 Å². The number of aromatic carboxylic acids is 1. The summed E-state index contributed by atoms with van der Waals surface area (Å²) in [5.74, 6) is -1.14. The van der Waals surface area contributed by atoms with E-state index in [1.807, 2.05) is 13.0 Å². The smallest absolute Gasteiger partial charge is 0.339 e. The van der Waals surface area contributed by atoms with E-state index < -0.39 is 5.97 Å². The van der Waals surface area contributed by atoms with Gasteiger partial charge in [-0.2, -0.15) is 0 Å². The molecule has 0 amide bonds. The van der Waals surface area contributed by atoms with Gasteiger partial charge in [0.2, 0.25) is 0 Å². The molecule has 1 saturated carbocycles. The Labute approximate surface area is 123 Å². The molecule has 1 aromatic rings. The molecule has 0 bridgehead atoms. The minimum Gasteiger partial charge on any atom is -0.507 e. The Hall–Kier alpha value is -2.30. The first kappa shape index (κ1) is 15.1. The van der Waals surface area contributed by atoms with Crippen LogP contribution in [0.15, 0.2) is 30.5 Å². The van der Waals surface area contributed by atoms with Crippen LogP contribution in [-0.4, -0.2) is 22.0 Å². The number of carboxylic acids is 1. The first-order chi connectivity index (χ1) is 9.99. The first-order valence-electron chi connectivity index (χ1n) is 7.02. The summed E-state index contributed by atoms with van der Waals surface area (Å²) >= 11 is 0. The number of Topliss-reactive ketones (excluding diaryl/α,β-unsaturated/α-hetero) is 1. The highest BCUT2D eigenvalue weighted by Crippen LogP contribution is 2.26. The van der Waals surface area contributed by atoms with Gasteiger partial charge in [0, 0.05) is 23.6 Å². The third-order valence-corrected chi connectivity index (χ3v) is 3.81. The molecule has 2 unspecified atom stereocenters. The minimum atomic E-state index is -1.17. The van der Waals surface area contributed by atoms with Crippen molar-refractivity contribution < 1.29 is 19.8 Å². The second kappa shape index (κ2) is 6.43. The van der Waals surface area contributed by atoms with Crippen LogP contribution in [0.4, 0.5) is 5.69 Å². The molecule has 5 nitrogen and oxygen atoms in total. The van der Waals surface area contributed by atoms with E-state index >= 15 is 0 Å². The lowest BCUT2D eigenvalue weighted by Gasteiger charge is -2.22. The molecular formula is C16H19NO4. The van der Waals surface area contributed by atoms with Crippen molar-refractivity contribution in [3.05, 3.63) is 36.0 Å². The first-order valence-corrected chi connectivity index (χ1v) is 7.02. The molecule has 0 spiro atoms. The maximum Gasteiger partial charge on any atom is 0.339 e. The Morgan fingerprint density at radius 3 is 2.81 bits per heavy atom. The predicted octanol–water partition coefficient (Wildman–Crippen LogP) is 3.02. The van der Waals surface area contributed by atoms with E-state index in [2.05, 4.69) is 5.32 Å². The number of anilines is 1. The van der Waals surface area contributed by atoms with Crippen molar-refractivity contribution in [3.63, 3.8) is 0 Å². The zero-order valence-corrected chi connectivity index (χ0v) is 11.9. The fourth-order valence-corrected chi connectivity index (χ4v) is 2.55. The number of rotatable bonds is 4. The van der Waals surface area contributed by atoms with E-state index in [4.69, 9.17) is 5.11 Å². The normalized spacial score (nSPS) is 22.4. The quantitative estimate of drug-likeness (QED) is 0.793. The maximum absolute atomic E-state index is 12.0. The molecule has 21 heavy (non-hydrogen) atoms. The van der Waals surface area contributed by atoms with Crippen molar-refractivity contribution in [2.45, 2.75) is 26.2 Å². The minimum absolute atomic E-state index is 0.0619. The van der Waals surface area contributed by atoms with Crippen LogP contribution in [0.5, 0.6) is 5.75 Å². The molecule has 0 heterocycles. The molecule has 0 aliphatic heterocycles. The van der Waals surface area contributed by atoms with E-state index in [1.165, 1.54) is 12.1 Å². The third-order valence-electron chi connectivity index (χ3n) is 3.81. The molecular weight excluding hydrogens is 270 g/mol. The molecule has 2 rings (SSSR count). The van der Waals surface area contributed by atoms with Crippen LogP contribution in [0.2, 0.25) is 0 Å². The fourth-order valence-electron chi connectivity index (χ4n) is 2.55. The van der Waals surface area contributed by atoms with Crippen LogP contribution < -0.4 is 5.32 Å². The van der Waals surface area contributed by atoms with Crippen LogP contribution in [-0.2, 0) is 4.79 Å². The molecule has 0 aromatic heterocycles. The van der Waals surface area contributed by atoms with Crippen LogP contribution in [0, 0.1) is 11.8 Å². The number of nitrogens with one attached hydrogen (secondary N) is 1. The number of carbonyl (C=O) groups excluding carboxylic acids is 1. The Kier molecular flexibility index (Phi) is 4.62. The number of aromatic hydroxyl groups is 1. The van der Waals surface area contributed by atoms with Crippen LogP contribution >= 0.6 is 0 Å². The summed E-state index contributed by atoms with van der Waals surface area (Å²) in [6, 6.07) is 4.25. The van der Waals surface area contributed by atoms with Gasteiger partial charge in [-0.15, -0.1) is 0 Å². The Bertz CT molecular complexity index is 580. The molecule has 1 aromatic carbocycles. The van der Waals surface area contributed by atoms with Gasteiger partial charge in [-0.25, -0.2) is 4.79 Å². The Morgan fingerprint density at radius 1 is 1.38 bits per heavy atom. The van der Waals surface area contributed by atoms with Gasteiger partial charge >= 0.3 is 5.97 Å². The average molecular weight is 289 g/mol. The highest BCUT2D eigenvalue weighted by molar-refractivity contribution is 5.91. The highest BCUT2D eigenvalue weighted by atomic mass is 16.4. The number of benzene rings is 1. The van der Waals surface area contributed by atoms with Gasteiger partial charge in [-0.3, -0.25) is 4.79 Å². The van der Waals surface area contributed by atoms with Crippen LogP contribution in [0.1, 0.15) is 36.5 Å². The van der Waals surface area contributed by atoms with Gasteiger partial charge in [0.05, 0.1) is 0 Å². The number of hydrogen-bond donors (Lipinski definition) is 3. The van der Waals surface area contributed by atoms with Crippen molar-refractivity contribution >= 4 is 17.4 Å². The fraction of sp³-hybridized carbons (Fsp3) is 0.375. The van der Waals surface area contributed by atoms with Crippen LogP contribution in [0.25, 0.3) is 0 Å². The number of allylic oxidation sites excluding steroid dienone is 1. The number of carboxylic acid groups (broad SMARTS) is 1. The standard InChI is InChI=1S/C16H19NO4/c1-10-3-2-4-11(15(10)19)7-8-17-12-5-6-13(16(20)21)14(18)9-12/h5-11,17-18H,2-4H2,1H3,(H,20,21)/b8-7+. The van der Waals surface area contributed by atoms with E-state index in [0.29, 0.717) is 5.69 Å². The summed E-state index contributed by atoms with van der Waals surface area (Å²) in [5.41, 5.74) is 0.436. The molecule has 1 aliphatic carbocycles. The van der Waals surface area contributed by atoms with Crippen molar-refractivity contribution in [2.24, 2.45) is 11.8 Å². The van der Waals surface area contributed by atoms with E-state index in [-0.39, 0.29) is 28.9 Å². The Morgan fingerprint density at radius 2 is 2.14 bits per heavy atom. The molecule has 3 N–H and O–H groups in total. The second-order valence-corrected chi connectivity index (χ2v) is 5.38. The summed E-state index contributed by atoms with van der Waals surface area (Å²) in [7, 11) is 0. The van der Waals surface area contributed by atoms with E-state index in [0.717, 1.165) is 19.3 Å². The zero-order chi connectivity index (χ0) is 15.4. The molecule has 1 aliphatic rings. The summed E-state index contributed by atoms with van der Waals surface area (Å²) in [4.78, 5) is 22.7. The average Bonchev–Trinajstić information content (AvgIpc) is 2.43. The van der Waals surface area contributed by atoms with Gasteiger partial charge in [-0.05, 0) is 31.2 Å². The molecule has 1 fully saturated rings. The number of carbonyl (C=O) groups is 2. The molecule has 0 radical (unpaired) electrons. The molecule has 0 saturated heterocycles. The zero-order valence-electron chi connectivity index (χ0n) is 11.9. The van der Waals surface area contributed by atoms with Gasteiger partial charge in [0.1, 0.15) is 17.1 Å².